The molecule has 0 fully saturated rings. The van der Waals surface area contributed by atoms with E-state index in [0.29, 0.717) is 10.9 Å². The third-order valence-electron chi connectivity index (χ3n) is 4.80. The molecule has 0 saturated heterocycles. The minimum Gasteiger partial charge on any atom is -0.388 e. The van der Waals surface area contributed by atoms with Crippen LogP contribution in [0.5, 0.6) is 0 Å². The van der Waals surface area contributed by atoms with Gasteiger partial charge in [-0.05, 0) is 52.9 Å². The Bertz CT molecular complexity index is 1250. The number of pyridine rings is 1. The van der Waals surface area contributed by atoms with Crippen molar-refractivity contribution in [1.82, 2.24) is 15.2 Å². The monoisotopic (exact) mass is 442 g/mol. The zero-order valence-electron chi connectivity index (χ0n) is 17.2. The van der Waals surface area contributed by atoms with Gasteiger partial charge in [0, 0.05) is 36.1 Å². The summed E-state index contributed by atoms with van der Waals surface area (Å²) in [6, 6.07) is 13.3. The van der Waals surface area contributed by atoms with Crippen LogP contribution in [0.25, 0.3) is 16.5 Å². The molecular formula is C23H21F3N4O2. The van der Waals surface area contributed by atoms with Gasteiger partial charge in [0.25, 0.3) is 11.5 Å². The molecule has 6 nitrogen and oxygen atoms in total. The highest BCUT2D eigenvalue weighted by molar-refractivity contribution is 5.94. The number of carbonyl (C=O) groups excluding carboxylic acids is 1. The number of hydrogen-bond donors (Lipinski definition) is 3. The zero-order valence-corrected chi connectivity index (χ0v) is 17.2. The van der Waals surface area contributed by atoms with E-state index in [2.05, 4.69) is 5.32 Å². The van der Waals surface area contributed by atoms with Crippen molar-refractivity contribution in [2.45, 2.75) is 12.7 Å². The number of nitrogens with one attached hydrogen (secondary N) is 3. The van der Waals surface area contributed by atoms with Gasteiger partial charge in [-0.1, -0.05) is 18.2 Å². The fourth-order valence-corrected chi connectivity index (χ4v) is 3.28. The normalized spacial score (nSPS) is 11.9. The van der Waals surface area contributed by atoms with Gasteiger partial charge < -0.3 is 20.6 Å². The van der Waals surface area contributed by atoms with Gasteiger partial charge in [0.05, 0.1) is 6.54 Å². The van der Waals surface area contributed by atoms with Crippen LogP contribution in [-0.4, -0.2) is 36.5 Å². The summed E-state index contributed by atoms with van der Waals surface area (Å²) in [6.45, 7) is -1.25. The molecule has 0 aliphatic heterocycles. The van der Waals surface area contributed by atoms with Crippen LogP contribution in [0.4, 0.5) is 13.2 Å². The van der Waals surface area contributed by atoms with Crippen LogP contribution in [0.15, 0.2) is 65.6 Å². The Labute approximate surface area is 181 Å². The van der Waals surface area contributed by atoms with Gasteiger partial charge in [0.15, 0.2) is 0 Å². The first kappa shape index (κ1) is 22.8. The lowest BCUT2D eigenvalue weighted by Crippen LogP contribution is -2.33. The van der Waals surface area contributed by atoms with Gasteiger partial charge in [-0.15, -0.1) is 0 Å². The average molecular weight is 442 g/mol. The molecule has 1 heterocycles. The Morgan fingerprint density at radius 2 is 1.91 bits per heavy atom. The molecule has 0 aliphatic carbocycles. The molecule has 9 heteroatoms. The van der Waals surface area contributed by atoms with Gasteiger partial charge in [0.1, 0.15) is 6.54 Å². The second-order valence-corrected chi connectivity index (χ2v) is 7.05. The predicted molar refractivity (Wildman–Crippen MR) is 118 cm³/mol. The molecule has 3 rings (SSSR count). The highest BCUT2D eigenvalue weighted by atomic mass is 19.4. The van der Waals surface area contributed by atoms with Crippen molar-refractivity contribution >= 4 is 28.6 Å². The molecule has 2 aromatic carbocycles. The Balaban J connectivity index is 1.86. The van der Waals surface area contributed by atoms with Crippen LogP contribution >= 0.6 is 0 Å². The number of carbonyl (C=O) groups is 1. The van der Waals surface area contributed by atoms with Gasteiger partial charge in [-0.3, -0.25) is 9.59 Å². The maximum absolute atomic E-state index is 12.9. The van der Waals surface area contributed by atoms with Crippen molar-refractivity contribution < 1.29 is 18.0 Å². The first-order chi connectivity index (χ1) is 15.2. The maximum atomic E-state index is 12.9. The van der Waals surface area contributed by atoms with E-state index in [1.54, 1.807) is 49.7 Å². The number of hydrogen-bond acceptors (Lipinski definition) is 4. The molecule has 3 aromatic rings. The fraction of sp³-hybridized carbons (Fsp3) is 0.174. The molecule has 0 atom stereocenters. The third-order valence-corrected chi connectivity index (χ3v) is 4.80. The highest BCUT2D eigenvalue weighted by Crippen LogP contribution is 2.18. The molecule has 0 aliphatic rings. The van der Waals surface area contributed by atoms with E-state index >= 15 is 0 Å². The molecular weight excluding hydrogens is 421 g/mol. The van der Waals surface area contributed by atoms with Crippen LogP contribution in [0, 0.1) is 5.41 Å². The quantitative estimate of drug-likeness (QED) is 0.489. The number of aromatic nitrogens is 1. The van der Waals surface area contributed by atoms with Gasteiger partial charge in [0.2, 0.25) is 0 Å². The second-order valence-electron chi connectivity index (χ2n) is 7.05. The van der Waals surface area contributed by atoms with E-state index in [4.69, 9.17) is 5.41 Å². The van der Waals surface area contributed by atoms with E-state index in [1.807, 2.05) is 11.4 Å². The summed E-state index contributed by atoms with van der Waals surface area (Å²) in [5, 5.41) is 13.3. The van der Waals surface area contributed by atoms with Gasteiger partial charge in [-0.25, -0.2) is 0 Å². The summed E-state index contributed by atoms with van der Waals surface area (Å²) < 4.78 is 38.5. The minimum atomic E-state index is -4.49. The van der Waals surface area contributed by atoms with E-state index < -0.39 is 18.6 Å². The SMILES string of the molecule is CN/C(=C\C=N)c1ccc2c(=O)n(Cc3cccc(C(=O)NCC(F)(F)F)c3)ccc2c1. The average Bonchev–Trinajstić information content (AvgIpc) is 2.77. The van der Waals surface area contributed by atoms with Crippen molar-refractivity contribution in [2.24, 2.45) is 0 Å². The fourth-order valence-electron chi connectivity index (χ4n) is 3.28. The zero-order chi connectivity index (χ0) is 23.3. The molecule has 166 valence electrons. The summed E-state index contributed by atoms with van der Waals surface area (Å²) in [5.74, 6) is -0.833. The van der Waals surface area contributed by atoms with E-state index in [1.165, 1.54) is 22.9 Å². The Kier molecular flexibility index (Phi) is 6.77. The first-order valence-electron chi connectivity index (χ1n) is 9.68. The smallest absolute Gasteiger partial charge is 0.388 e. The molecule has 1 aromatic heterocycles. The van der Waals surface area contributed by atoms with Crippen molar-refractivity contribution in [3.8, 4) is 0 Å². The molecule has 0 unspecified atom stereocenters. The summed E-state index contributed by atoms with van der Waals surface area (Å²) in [5.41, 5.74) is 2.03. The molecule has 1 amide bonds. The lowest BCUT2D eigenvalue weighted by atomic mass is 10.1. The van der Waals surface area contributed by atoms with Crippen LogP contribution in [-0.2, 0) is 6.54 Å². The lowest BCUT2D eigenvalue weighted by molar-refractivity contribution is -0.123. The van der Waals surface area contributed by atoms with Crippen molar-refractivity contribution in [3.05, 3.63) is 87.8 Å². The number of nitrogens with zero attached hydrogens (tertiary/aromatic N) is 1. The molecule has 0 bridgehead atoms. The van der Waals surface area contributed by atoms with Crippen molar-refractivity contribution in [2.75, 3.05) is 13.6 Å². The van der Waals surface area contributed by atoms with E-state index in [9.17, 15) is 22.8 Å². The summed E-state index contributed by atoms with van der Waals surface area (Å²) in [4.78, 5) is 24.9. The highest BCUT2D eigenvalue weighted by Gasteiger charge is 2.27. The molecule has 0 saturated carbocycles. The third kappa shape index (κ3) is 5.42. The lowest BCUT2D eigenvalue weighted by Gasteiger charge is -2.11. The molecule has 3 N–H and O–H groups in total. The summed E-state index contributed by atoms with van der Waals surface area (Å²) in [6.07, 6.45) is -0.0786. The number of alkyl halides is 3. The summed E-state index contributed by atoms with van der Waals surface area (Å²) >= 11 is 0. The number of amides is 1. The standard InChI is InChI=1S/C23H21F3N4O2/c1-28-20(7-9-27)17-5-6-19-16(12-17)8-10-30(22(19)32)13-15-3-2-4-18(11-15)21(31)29-14-23(24,25)26/h2-12,27-28H,13-14H2,1H3,(H,29,31)/b20-7-,27-9?. The Hall–Kier alpha value is -3.88. The van der Waals surface area contributed by atoms with Crippen LogP contribution in [0.3, 0.4) is 0 Å². The number of allylic oxidation sites excluding steroid dienone is 1. The first-order valence-corrected chi connectivity index (χ1v) is 9.68. The number of halogens is 3. The van der Waals surface area contributed by atoms with Crippen molar-refractivity contribution in [3.63, 3.8) is 0 Å². The maximum Gasteiger partial charge on any atom is 0.405 e. The summed E-state index contributed by atoms with van der Waals surface area (Å²) in [7, 11) is 1.75. The van der Waals surface area contributed by atoms with Crippen LogP contribution in [0.2, 0.25) is 0 Å². The minimum absolute atomic E-state index is 0.0859. The predicted octanol–water partition coefficient (Wildman–Crippen LogP) is 3.55. The molecule has 32 heavy (non-hydrogen) atoms. The van der Waals surface area contributed by atoms with Crippen LogP contribution < -0.4 is 16.2 Å². The Morgan fingerprint density at radius 1 is 1.12 bits per heavy atom. The van der Waals surface area contributed by atoms with E-state index in [-0.39, 0.29) is 17.7 Å². The number of benzene rings is 2. The van der Waals surface area contributed by atoms with Gasteiger partial charge in [-0.2, -0.15) is 13.2 Å². The molecule has 0 spiro atoms. The van der Waals surface area contributed by atoms with Gasteiger partial charge >= 0.3 is 6.18 Å². The van der Waals surface area contributed by atoms with E-state index in [0.717, 1.165) is 16.6 Å². The Morgan fingerprint density at radius 3 is 2.59 bits per heavy atom. The largest absolute Gasteiger partial charge is 0.405 e. The number of fused-ring (bicyclic) bond motifs is 1. The number of rotatable bonds is 7. The molecule has 0 radical (unpaired) electrons. The van der Waals surface area contributed by atoms with Crippen molar-refractivity contribution in [1.29, 1.82) is 5.41 Å². The second kappa shape index (κ2) is 9.51. The topological polar surface area (TPSA) is 87.0 Å². The van der Waals surface area contributed by atoms with Crippen LogP contribution in [0.1, 0.15) is 21.5 Å².